The monoisotopic (exact) mass is 294 g/mol. The molecule has 1 aromatic heterocycles. The van der Waals surface area contributed by atoms with Crippen molar-refractivity contribution >= 4 is 11.7 Å². The summed E-state index contributed by atoms with van der Waals surface area (Å²) in [5, 5.41) is 7.45. The standard InChI is InChI=1S/C11H17N5.C3H8.CH5N/c12-6-8-2-1-4-15-11(8)16-5-3-9(7-16)10(13)14;1-3-2;1-2/h1-2,4,9H,3,5-7,12H2,(H3,13,14);3H2,1-2H3;2H2,1H3. The second-order valence-electron chi connectivity index (χ2n) is 4.78. The van der Waals surface area contributed by atoms with Gasteiger partial charge in [-0.25, -0.2) is 4.98 Å². The van der Waals surface area contributed by atoms with Crippen LogP contribution in [0.2, 0.25) is 0 Å². The molecule has 0 bridgehead atoms. The topological polar surface area (TPSA) is 118 Å². The van der Waals surface area contributed by atoms with Crippen molar-refractivity contribution in [1.82, 2.24) is 4.98 Å². The van der Waals surface area contributed by atoms with Gasteiger partial charge in [0.15, 0.2) is 0 Å². The summed E-state index contributed by atoms with van der Waals surface area (Å²) in [7, 11) is 1.50. The van der Waals surface area contributed by atoms with Gasteiger partial charge < -0.3 is 22.1 Å². The minimum atomic E-state index is 0.160. The lowest BCUT2D eigenvalue weighted by atomic mass is 10.1. The summed E-state index contributed by atoms with van der Waals surface area (Å²) in [5.41, 5.74) is 16.7. The summed E-state index contributed by atoms with van der Waals surface area (Å²) < 4.78 is 0. The van der Waals surface area contributed by atoms with Gasteiger partial charge in [0.25, 0.3) is 0 Å². The Kier molecular flexibility index (Phi) is 10.2. The van der Waals surface area contributed by atoms with Crippen LogP contribution in [0.15, 0.2) is 18.3 Å². The van der Waals surface area contributed by atoms with E-state index < -0.39 is 0 Å². The van der Waals surface area contributed by atoms with Crippen LogP contribution in [0.5, 0.6) is 0 Å². The Labute approximate surface area is 128 Å². The zero-order chi connectivity index (χ0) is 16.3. The Morgan fingerprint density at radius 1 is 1.43 bits per heavy atom. The molecule has 1 unspecified atom stereocenters. The lowest BCUT2D eigenvalue weighted by molar-refractivity contribution is 0.769. The first-order valence-electron chi connectivity index (χ1n) is 7.44. The normalized spacial score (nSPS) is 16.4. The fourth-order valence-corrected chi connectivity index (χ4v) is 2.08. The lowest BCUT2D eigenvalue weighted by Crippen LogP contribution is -2.28. The molecule has 1 aliphatic heterocycles. The largest absolute Gasteiger partial charge is 0.387 e. The van der Waals surface area contributed by atoms with Crippen molar-refractivity contribution in [1.29, 1.82) is 5.41 Å². The van der Waals surface area contributed by atoms with Crippen LogP contribution in [-0.4, -0.2) is 31.0 Å². The fourth-order valence-electron chi connectivity index (χ4n) is 2.08. The molecule has 120 valence electrons. The molecule has 2 heterocycles. The third-order valence-corrected chi connectivity index (χ3v) is 3.02. The second-order valence-corrected chi connectivity index (χ2v) is 4.78. The number of aromatic nitrogens is 1. The van der Waals surface area contributed by atoms with Crippen molar-refractivity contribution < 1.29 is 0 Å². The van der Waals surface area contributed by atoms with Crippen LogP contribution in [0.3, 0.4) is 0 Å². The molecule has 0 aliphatic carbocycles. The van der Waals surface area contributed by atoms with Crippen LogP contribution in [0.4, 0.5) is 5.82 Å². The van der Waals surface area contributed by atoms with Gasteiger partial charge in [0, 0.05) is 37.3 Å². The van der Waals surface area contributed by atoms with E-state index in [0.717, 1.165) is 30.9 Å². The Hall–Kier alpha value is -1.66. The molecule has 1 fully saturated rings. The molecule has 7 N–H and O–H groups in total. The van der Waals surface area contributed by atoms with E-state index in [0.29, 0.717) is 6.54 Å². The van der Waals surface area contributed by atoms with Crippen LogP contribution >= 0.6 is 0 Å². The number of rotatable bonds is 3. The predicted octanol–water partition coefficient (Wildman–Crippen LogP) is 1.29. The van der Waals surface area contributed by atoms with Crippen LogP contribution in [-0.2, 0) is 6.54 Å². The minimum absolute atomic E-state index is 0.160. The van der Waals surface area contributed by atoms with E-state index in [-0.39, 0.29) is 11.8 Å². The average molecular weight is 294 g/mol. The number of amidine groups is 1. The van der Waals surface area contributed by atoms with Gasteiger partial charge in [0.1, 0.15) is 5.82 Å². The van der Waals surface area contributed by atoms with Gasteiger partial charge in [-0.05, 0) is 19.5 Å². The number of pyridine rings is 1. The molecule has 0 saturated carbocycles. The van der Waals surface area contributed by atoms with E-state index in [1.807, 2.05) is 12.1 Å². The van der Waals surface area contributed by atoms with Crippen LogP contribution in [0, 0.1) is 11.3 Å². The molecule has 0 spiro atoms. The molecule has 0 aromatic carbocycles. The minimum Gasteiger partial charge on any atom is -0.387 e. The first-order valence-corrected chi connectivity index (χ1v) is 7.44. The number of nitrogens with two attached hydrogens (primary N) is 3. The molecule has 1 saturated heterocycles. The zero-order valence-electron chi connectivity index (χ0n) is 13.5. The van der Waals surface area contributed by atoms with Crippen molar-refractivity contribution in [3.63, 3.8) is 0 Å². The van der Waals surface area contributed by atoms with Gasteiger partial charge in [-0.15, -0.1) is 0 Å². The van der Waals surface area contributed by atoms with Crippen molar-refractivity contribution in [3.05, 3.63) is 23.9 Å². The highest BCUT2D eigenvalue weighted by molar-refractivity contribution is 5.81. The third kappa shape index (κ3) is 6.10. The summed E-state index contributed by atoms with van der Waals surface area (Å²) in [6, 6.07) is 3.88. The van der Waals surface area contributed by atoms with E-state index in [2.05, 4.69) is 29.5 Å². The van der Waals surface area contributed by atoms with E-state index in [1.54, 1.807) is 6.20 Å². The van der Waals surface area contributed by atoms with Gasteiger partial charge in [-0.3, -0.25) is 5.41 Å². The number of nitrogens with zero attached hydrogens (tertiary/aromatic N) is 2. The van der Waals surface area contributed by atoms with E-state index in [1.165, 1.54) is 13.5 Å². The van der Waals surface area contributed by atoms with Gasteiger partial charge >= 0.3 is 0 Å². The van der Waals surface area contributed by atoms with Gasteiger partial charge in [0.05, 0.1) is 5.84 Å². The fraction of sp³-hybridized carbons (Fsp3) is 0.600. The SMILES string of the molecule is CCC.CN.N=C(N)C1CCN(c2ncccc2CN)C1. The molecule has 6 heteroatoms. The molecule has 0 radical (unpaired) electrons. The molecule has 6 nitrogen and oxygen atoms in total. The molecule has 1 aromatic rings. The first-order chi connectivity index (χ1) is 10.1. The van der Waals surface area contributed by atoms with Crippen molar-refractivity contribution in [2.24, 2.45) is 23.1 Å². The van der Waals surface area contributed by atoms with E-state index in [4.69, 9.17) is 16.9 Å². The molecular weight excluding hydrogens is 264 g/mol. The summed E-state index contributed by atoms with van der Waals surface area (Å²) in [6.07, 6.45) is 3.95. The van der Waals surface area contributed by atoms with E-state index in [9.17, 15) is 0 Å². The average Bonchev–Trinajstić information content (AvgIpc) is 3.00. The van der Waals surface area contributed by atoms with E-state index >= 15 is 0 Å². The first kappa shape index (κ1) is 19.3. The molecule has 1 atom stereocenters. The highest BCUT2D eigenvalue weighted by Gasteiger charge is 2.26. The predicted molar refractivity (Wildman–Crippen MR) is 90.4 cm³/mol. The smallest absolute Gasteiger partial charge is 0.133 e. The van der Waals surface area contributed by atoms with Crippen LogP contribution in [0.25, 0.3) is 0 Å². The highest BCUT2D eigenvalue weighted by atomic mass is 15.2. The maximum absolute atomic E-state index is 7.45. The quantitative estimate of drug-likeness (QED) is 0.495. The highest BCUT2D eigenvalue weighted by Crippen LogP contribution is 2.24. The molecule has 1 aliphatic rings. The van der Waals surface area contributed by atoms with Crippen LogP contribution in [0.1, 0.15) is 32.3 Å². The summed E-state index contributed by atoms with van der Waals surface area (Å²) in [5.74, 6) is 1.37. The Morgan fingerprint density at radius 2 is 2.05 bits per heavy atom. The van der Waals surface area contributed by atoms with Gasteiger partial charge in [0.2, 0.25) is 0 Å². The Morgan fingerprint density at radius 3 is 2.52 bits per heavy atom. The molecule has 0 amide bonds. The maximum Gasteiger partial charge on any atom is 0.133 e. The summed E-state index contributed by atoms with van der Waals surface area (Å²) >= 11 is 0. The second kappa shape index (κ2) is 11.0. The number of hydrogen-bond acceptors (Lipinski definition) is 5. The maximum atomic E-state index is 7.45. The summed E-state index contributed by atoms with van der Waals surface area (Å²) in [4.78, 5) is 6.52. The number of nitrogens with one attached hydrogen (secondary N) is 1. The number of hydrogen-bond donors (Lipinski definition) is 4. The van der Waals surface area contributed by atoms with Crippen molar-refractivity contribution in [2.75, 3.05) is 25.0 Å². The Balaban J connectivity index is 0.000000713. The summed E-state index contributed by atoms with van der Waals surface area (Å²) in [6.45, 7) is 6.41. The zero-order valence-corrected chi connectivity index (χ0v) is 13.5. The number of anilines is 1. The Bertz CT molecular complexity index is 407. The third-order valence-electron chi connectivity index (χ3n) is 3.02. The molecule has 2 rings (SSSR count). The van der Waals surface area contributed by atoms with Gasteiger partial charge in [-0.1, -0.05) is 26.3 Å². The molecular formula is C15H30N6. The van der Waals surface area contributed by atoms with Crippen molar-refractivity contribution in [3.8, 4) is 0 Å². The van der Waals surface area contributed by atoms with Crippen molar-refractivity contribution in [2.45, 2.75) is 33.2 Å². The van der Waals surface area contributed by atoms with Gasteiger partial charge in [-0.2, -0.15) is 0 Å². The molecule has 21 heavy (non-hydrogen) atoms. The lowest BCUT2D eigenvalue weighted by Gasteiger charge is -2.19. The van der Waals surface area contributed by atoms with Crippen LogP contribution < -0.4 is 22.1 Å².